The van der Waals surface area contributed by atoms with E-state index in [9.17, 15) is 19.7 Å². The maximum atomic E-state index is 11.7. The summed E-state index contributed by atoms with van der Waals surface area (Å²) in [4.78, 5) is 36.1. The Morgan fingerprint density at radius 2 is 2.00 bits per heavy atom. The first-order chi connectivity index (χ1) is 12.0. The van der Waals surface area contributed by atoms with Crippen molar-refractivity contribution in [2.75, 3.05) is 44.7 Å². The molecule has 1 aromatic carbocycles. The molecule has 9 nitrogen and oxygen atoms in total. The van der Waals surface area contributed by atoms with Gasteiger partial charge in [-0.15, -0.1) is 17.0 Å². The molecule has 1 aromatic rings. The lowest BCUT2D eigenvalue weighted by Crippen LogP contribution is -2.40. The number of nitrogens with one attached hydrogen (secondary N) is 2. The molecule has 0 aliphatic carbocycles. The van der Waals surface area contributed by atoms with Crippen LogP contribution >= 0.6 is 17.0 Å². The van der Waals surface area contributed by atoms with Gasteiger partial charge in [-0.25, -0.2) is 0 Å². The van der Waals surface area contributed by atoms with E-state index in [4.69, 9.17) is 4.74 Å². The molecule has 1 fully saturated rings. The van der Waals surface area contributed by atoms with E-state index in [1.165, 1.54) is 12.1 Å². The first-order valence-electron chi connectivity index (χ1n) is 8.20. The maximum absolute atomic E-state index is 11.7. The molecule has 0 radical (unpaired) electrons. The third kappa shape index (κ3) is 4.85. The van der Waals surface area contributed by atoms with Crippen LogP contribution in [-0.2, 0) is 27.3 Å². The number of ether oxygens (including phenoxy) is 1. The van der Waals surface area contributed by atoms with E-state index in [1.54, 1.807) is 0 Å². The summed E-state index contributed by atoms with van der Waals surface area (Å²) in [6, 6.07) is 2.77. The molecule has 2 heterocycles. The first-order valence-corrected chi connectivity index (χ1v) is 8.20. The fourth-order valence-electron chi connectivity index (χ4n) is 3.02. The maximum Gasteiger partial charge on any atom is 0.292 e. The second kappa shape index (κ2) is 9.17. The largest absolute Gasteiger partial charge is 0.379 e. The molecule has 0 unspecified atom stereocenters. The van der Waals surface area contributed by atoms with Gasteiger partial charge in [0.2, 0.25) is 5.78 Å². The number of nitro benzene ring substituents is 1. The molecule has 1 saturated heterocycles. The highest BCUT2D eigenvalue weighted by atomic mass is 79.9. The van der Waals surface area contributed by atoms with Crippen molar-refractivity contribution < 1.29 is 19.2 Å². The summed E-state index contributed by atoms with van der Waals surface area (Å²) in [7, 11) is 0. The summed E-state index contributed by atoms with van der Waals surface area (Å²) in [6.07, 6.45) is -0.0281. The number of fused-ring (bicyclic) bond motifs is 1. The molecule has 10 heteroatoms. The number of nitro groups is 1. The Hall–Kier alpha value is -1.88. The summed E-state index contributed by atoms with van der Waals surface area (Å²) in [5.41, 5.74) is 1.57. The van der Waals surface area contributed by atoms with E-state index in [1.807, 2.05) is 0 Å². The lowest BCUT2D eigenvalue weighted by atomic mass is 9.95. The molecular weight excluding hydrogens is 408 g/mol. The number of ketones is 1. The summed E-state index contributed by atoms with van der Waals surface area (Å²) in [6.45, 7) is 5.24. The van der Waals surface area contributed by atoms with Gasteiger partial charge in [-0.2, -0.15) is 0 Å². The molecule has 2 aliphatic rings. The topological polar surface area (TPSA) is 114 Å². The standard InChI is InChI=1S/C16H20N4O5.BrH/c21-15-9-13-11(10-17-1-2-19-3-5-25-6-4-19)7-12(20(23)24)8-14(13)18-16(15)22;/h7-8,17H,1-6,9-10H2,(H,18,22);1H. The molecule has 142 valence electrons. The van der Waals surface area contributed by atoms with Crippen LogP contribution in [0.25, 0.3) is 0 Å². The van der Waals surface area contributed by atoms with Crippen LogP contribution in [0.4, 0.5) is 11.4 Å². The van der Waals surface area contributed by atoms with Crippen molar-refractivity contribution >= 4 is 40.0 Å². The molecule has 3 rings (SSSR count). The smallest absolute Gasteiger partial charge is 0.292 e. The number of benzene rings is 1. The molecule has 2 aliphatic heterocycles. The molecule has 1 amide bonds. The lowest BCUT2D eigenvalue weighted by molar-refractivity contribution is -0.384. The Morgan fingerprint density at radius 3 is 2.69 bits per heavy atom. The Bertz CT molecular complexity index is 706. The number of carbonyl (C=O) groups is 2. The molecule has 26 heavy (non-hydrogen) atoms. The minimum Gasteiger partial charge on any atom is -0.379 e. The predicted octanol–water partition coefficient (Wildman–Crippen LogP) is 0.658. The van der Waals surface area contributed by atoms with Crippen LogP contribution in [0.2, 0.25) is 0 Å². The number of halogens is 1. The number of Topliss-reactive ketones (excluding diaryl/α,β-unsaturated/α-hetero) is 1. The number of rotatable bonds is 6. The fourth-order valence-corrected chi connectivity index (χ4v) is 3.02. The van der Waals surface area contributed by atoms with E-state index < -0.39 is 16.6 Å². The predicted molar refractivity (Wildman–Crippen MR) is 99.7 cm³/mol. The van der Waals surface area contributed by atoms with Gasteiger partial charge in [0.05, 0.1) is 23.8 Å². The molecular formula is C16H21BrN4O5. The van der Waals surface area contributed by atoms with Gasteiger partial charge in [-0.3, -0.25) is 24.6 Å². The minimum absolute atomic E-state index is 0. The summed E-state index contributed by atoms with van der Waals surface area (Å²) >= 11 is 0. The van der Waals surface area contributed by atoms with Crippen molar-refractivity contribution in [2.24, 2.45) is 0 Å². The van der Waals surface area contributed by atoms with Gasteiger partial charge < -0.3 is 15.4 Å². The van der Waals surface area contributed by atoms with Crippen molar-refractivity contribution in [3.63, 3.8) is 0 Å². The Kier molecular flexibility index (Phi) is 7.21. The van der Waals surface area contributed by atoms with Gasteiger partial charge in [-0.05, 0) is 11.1 Å². The highest BCUT2D eigenvalue weighted by molar-refractivity contribution is 8.93. The van der Waals surface area contributed by atoms with Crippen LogP contribution in [0.1, 0.15) is 11.1 Å². The van der Waals surface area contributed by atoms with E-state index in [0.717, 1.165) is 39.4 Å². The van der Waals surface area contributed by atoms with E-state index in [2.05, 4.69) is 15.5 Å². The number of hydrogen-bond acceptors (Lipinski definition) is 7. The molecule has 0 bridgehead atoms. The Labute approximate surface area is 161 Å². The van der Waals surface area contributed by atoms with Crippen molar-refractivity contribution in [1.29, 1.82) is 0 Å². The average molecular weight is 429 g/mol. The van der Waals surface area contributed by atoms with Crippen LogP contribution in [0.5, 0.6) is 0 Å². The second-order valence-electron chi connectivity index (χ2n) is 6.07. The zero-order valence-corrected chi connectivity index (χ0v) is 15.9. The number of nitrogens with zero attached hydrogens (tertiary/aromatic N) is 2. The van der Waals surface area contributed by atoms with Crippen molar-refractivity contribution in [3.05, 3.63) is 33.4 Å². The Morgan fingerprint density at radius 1 is 1.27 bits per heavy atom. The molecule has 0 spiro atoms. The number of carbonyl (C=O) groups excluding carboxylic acids is 2. The van der Waals surface area contributed by atoms with Gasteiger partial charge >= 0.3 is 0 Å². The van der Waals surface area contributed by atoms with Crippen LogP contribution in [0, 0.1) is 10.1 Å². The minimum atomic E-state index is -0.723. The van der Waals surface area contributed by atoms with Gasteiger partial charge in [0.25, 0.3) is 11.6 Å². The van der Waals surface area contributed by atoms with Crippen LogP contribution < -0.4 is 10.6 Å². The second-order valence-corrected chi connectivity index (χ2v) is 6.07. The number of anilines is 1. The number of morpholine rings is 1. The zero-order valence-electron chi connectivity index (χ0n) is 14.2. The molecule has 0 atom stereocenters. The summed E-state index contributed by atoms with van der Waals surface area (Å²) in [5, 5.41) is 16.8. The number of hydrogen-bond donors (Lipinski definition) is 2. The third-order valence-corrected chi connectivity index (χ3v) is 4.40. The van der Waals surface area contributed by atoms with Gasteiger partial charge in [0.15, 0.2) is 0 Å². The highest BCUT2D eigenvalue weighted by Gasteiger charge is 2.27. The molecule has 0 aromatic heterocycles. The number of non-ortho nitro benzene ring substituents is 1. The monoisotopic (exact) mass is 428 g/mol. The van der Waals surface area contributed by atoms with Gasteiger partial charge in [0.1, 0.15) is 0 Å². The van der Waals surface area contributed by atoms with Gasteiger partial charge in [0, 0.05) is 51.3 Å². The van der Waals surface area contributed by atoms with Crippen LogP contribution in [0.3, 0.4) is 0 Å². The molecule has 2 N–H and O–H groups in total. The van der Waals surface area contributed by atoms with E-state index >= 15 is 0 Å². The lowest BCUT2D eigenvalue weighted by Gasteiger charge is -2.26. The van der Waals surface area contributed by atoms with Crippen LogP contribution in [0.15, 0.2) is 12.1 Å². The van der Waals surface area contributed by atoms with Crippen molar-refractivity contribution in [2.45, 2.75) is 13.0 Å². The highest BCUT2D eigenvalue weighted by Crippen LogP contribution is 2.30. The Balaban J connectivity index is 0.00000243. The van der Waals surface area contributed by atoms with E-state index in [-0.39, 0.29) is 29.1 Å². The average Bonchev–Trinajstić information content (AvgIpc) is 2.60. The molecule has 0 saturated carbocycles. The van der Waals surface area contributed by atoms with Crippen molar-refractivity contribution in [1.82, 2.24) is 10.2 Å². The van der Waals surface area contributed by atoms with Crippen LogP contribution in [-0.4, -0.2) is 60.9 Å². The quantitative estimate of drug-likeness (QED) is 0.296. The third-order valence-electron chi connectivity index (χ3n) is 4.40. The zero-order chi connectivity index (χ0) is 17.8. The summed E-state index contributed by atoms with van der Waals surface area (Å²) < 4.78 is 5.30. The SMILES string of the molecule is Br.O=C1Cc2c(CNCCN3CCOCC3)cc([N+](=O)[O-])cc2NC1=O. The fraction of sp³-hybridized carbons (Fsp3) is 0.500. The van der Waals surface area contributed by atoms with Crippen molar-refractivity contribution in [3.8, 4) is 0 Å². The van der Waals surface area contributed by atoms with Gasteiger partial charge in [-0.1, -0.05) is 0 Å². The van der Waals surface area contributed by atoms with E-state index in [0.29, 0.717) is 23.4 Å². The normalized spacial score (nSPS) is 17.2. The number of amides is 1. The summed E-state index contributed by atoms with van der Waals surface area (Å²) in [5.74, 6) is -1.25. The first kappa shape index (κ1) is 20.4.